The van der Waals surface area contributed by atoms with Gasteiger partial charge in [-0.15, -0.1) is 10.2 Å². The van der Waals surface area contributed by atoms with Crippen molar-refractivity contribution in [3.8, 4) is 0 Å². The molecule has 0 fully saturated rings. The fourth-order valence-electron chi connectivity index (χ4n) is 1.91. The van der Waals surface area contributed by atoms with Gasteiger partial charge in [0.05, 0.1) is 0 Å². The van der Waals surface area contributed by atoms with Gasteiger partial charge in [0.15, 0.2) is 5.16 Å². The molecule has 2 aromatic carbocycles. The molecule has 1 heterocycles. The van der Waals surface area contributed by atoms with E-state index in [9.17, 15) is 9.18 Å². The minimum atomic E-state index is -0.437. The van der Waals surface area contributed by atoms with Crippen LogP contribution in [-0.4, -0.2) is 20.7 Å². The Morgan fingerprint density at radius 1 is 1.22 bits per heavy atom. The van der Waals surface area contributed by atoms with E-state index in [1.807, 2.05) is 23.7 Å². The van der Waals surface area contributed by atoms with Crippen LogP contribution in [0.15, 0.2) is 64.9 Å². The van der Waals surface area contributed by atoms with Gasteiger partial charge in [-0.2, -0.15) is 0 Å². The Labute approximate surface area is 136 Å². The summed E-state index contributed by atoms with van der Waals surface area (Å²) < 4.78 is 15.0. The first-order valence-corrected chi connectivity index (χ1v) is 7.62. The van der Waals surface area contributed by atoms with E-state index in [1.165, 1.54) is 30.0 Å². The quantitative estimate of drug-likeness (QED) is 0.798. The van der Waals surface area contributed by atoms with Crippen molar-refractivity contribution in [2.45, 2.75) is 10.1 Å². The predicted molar refractivity (Wildman–Crippen MR) is 85.9 cm³/mol. The highest BCUT2D eigenvalue weighted by atomic mass is 32.2. The average Bonchev–Trinajstić information content (AvgIpc) is 2.94. The van der Waals surface area contributed by atoms with E-state index in [1.54, 1.807) is 24.5 Å². The Balaban J connectivity index is 1.68. The average molecular weight is 328 g/mol. The highest BCUT2D eigenvalue weighted by Crippen LogP contribution is 2.26. The normalized spacial score (nSPS) is 10.5. The number of hydrogen-bond donors (Lipinski definition) is 1. The maximum Gasteiger partial charge on any atom is 0.255 e. The summed E-state index contributed by atoms with van der Waals surface area (Å²) in [6, 6.07) is 12.9. The number of anilines is 1. The lowest BCUT2D eigenvalue weighted by Crippen LogP contribution is -2.11. The van der Waals surface area contributed by atoms with Crippen LogP contribution in [0.3, 0.4) is 0 Å². The zero-order valence-corrected chi connectivity index (χ0v) is 13.0. The molecule has 7 heteroatoms. The van der Waals surface area contributed by atoms with Crippen LogP contribution >= 0.6 is 11.8 Å². The van der Waals surface area contributed by atoms with Crippen molar-refractivity contribution < 1.29 is 9.18 Å². The zero-order chi connectivity index (χ0) is 16.2. The van der Waals surface area contributed by atoms with E-state index in [2.05, 4.69) is 15.5 Å². The lowest BCUT2D eigenvalue weighted by Gasteiger charge is -2.06. The molecule has 0 saturated heterocycles. The van der Waals surface area contributed by atoms with Crippen molar-refractivity contribution in [1.29, 1.82) is 0 Å². The van der Waals surface area contributed by atoms with Crippen molar-refractivity contribution >= 4 is 23.4 Å². The van der Waals surface area contributed by atoms with Crippen molar-refractivity contribution in [1.82, 2.24) is 14.8 Å². The number of rotatable bonds is 4. The molecular formula is C16H13FN4OS. The summed E-state index contributed by atoms with van der Waals surface area (Å²) in [5.74, 6) is -0.786. The van der Waals surface area contributed by atoms with E-state index < -0.39 is 5.82 Å². The highest BCUT2D eigenvalue weighted by molar-refractivity contribution is 7.99. The molecule has 0 aliphatic carbocycles. The standard InChI is InChI=1S/C16H13FN4OS/c1-21-10-18-20-16(21)23-14-7-5-13(6-8-14)19-15(22)11-3-2-4-12(17)9-11/h2-10H,1H3,(H,19,22). The van der Waals surface area contributed by atoms with Crippen LogP contribution < -0.4 is 5.32 Å². The maximum absolute atomic E-state index is 13.1. The molecule has 1 N–H and O–H groups in total. The summed E-state index contributed by atoms with van der Waals surface area (Å²) in [6.45, 7) is 0. The van der Waals surface area contributed by atoms with E-state index in [-0.39, 0.29) is 11.5 Å². The van der Waals surface area contributed by atoms with Gasteiger partial charge in [-0.1, -0.05) is 6.07 Å². The van der Waals surface area contributed by atoms with Gasteiger partial charge >= 0.3 is 0 Å². The fraction of sp³-hybridized carbons (Fsp3) is 0.0625. The van der Waals surface area contributed by atoms with Crippen molar-refractivity contribution in [3.05, 3.63) is 66.2 Å². The van der Waals surface area contributed by atoms with Gasteiger partial charge in [-0.25, -0.2) is 4.39 Å². The second kappa shape index (κ2) is 6.62. The van der Waals surface area contributed by atoms with Crippen LogP contribution in [0.5, 0.6) is 0 Å². The first-order chi connectivity index (χ1) is 11.1. The summed E-state index contributed by atoms with van der Waals surface area (Å²) >= 11 is 1.47. The molecule has 0 saturated carbocycles. The molecule has 0 aliphatic rings. The van der Waals surface area contributed by atoms with Gasteiger partial charge in [-0.05, 0) is 54.2 Å². The van der Waals surface area contributed by atoms with Crippen LogP contribution in [-0.2, 0) is 7.05 Å². The Hall–Kier alpha value is -2.67. The summed E-state index contributed by atoms with van der Waals surface area (Å²) in [7, 11) is 1.87. The largest absolute Gasteiger partial charge is 0.322 e. The molecule has 0 atom stereocenters. The molecule has 3 aromatic rings. The number of halogens is 1. The third kappa shape index (κ3) is 3.75. The zero-order valence-electron chi connectivity index (χ0n) is 12.2. The molecule has 116 valence electrons. The van der Waals surface area contributed by atoms with Crippen LogP contribution in [0, 0.1) is 5.82 Å². The van der Waals surface area contributed by atoms with Gasteiger partial charge in [0.2, 0.25) is 0 Å². The third-order valence-electron chi connectivity index (χ3n) is 3.08. The number of aromatic nitrogens is 3. The summed E-state index contributed by atoms with van der Waals surface area (Å²) in [6.07, 6.45) is 1.63. The van der Waals surface area contributed by atoms with Crippen molar-refractivity contribution in [3.63, 3.8) is 0 Å². The number of aryl methyl sites for hydroxylation is 1. The molecule has 5 nitrogen and oxygen atoms in total. The van der Waals surface area contributed by atoms with Crippen LogP contribution in [0.2, 0.25) is 0 Å². The van der Waals surface area contributed by atoms with Gasteiger partial charge in [0.1, 0.15) is 12.1 Å². The van der Waals surface area contributed by atoms with Crippen molar-refractivity contribution in [2.75, 3.05) is 5.32 Å². The van der Waals surface area contributed by atoms with Gasteiger partial charge in [-0.3, -0.25) is 4.79 Å². The van der Waals surface area contributed by atoms with Gasteiger partial charge in [0, 0.05) is 23.2 Å². The Morgan fingerprint density at radius 3 is 2.65 bits per heavy atom. The van der Waals surface area contributed by atoms with E-state index >= 15 is 0 Å². The van der Waals surface area contributed by atoms with E-state index in [0.717, 1.165) is 10.1 Å². The molecule has 3 rings (SSSR count). The minimum absolute atomic E-state index is 0.280. The molecular weight excluding hydrogens is 315 g/mol. The van der Waals surface area contributed by atoms with Gasteiger partial charge < -0.3 is 9.88 Å². The first-order valence-electron chi connectivity index (χ1n) is 6.80. The molecule has 0 unspecified atom stereocenters. The molecule has 1 amide bonds. The second-order valence-electron chi connectivity index (χ2n) is 4.82. The third-order valence-corrected chi connectivity index (χ3v) is 4.14. The number of nitrogens with zero attached hydrogens (tertiary/aromatic N) is 3. The summed E-state index contributed by atoms with van der Waals surface area (Å²) in [5, 5.41) is 11.3. The summed E-state index contributed by atoms with van der Waals surface area (Å²) in [4.78, 5) is 13.0. The lowest BCUT2D eigenvalue weighted by molar-refractivity contribution is 0.102. The predicted octanol–water partition coefficient (Wildman–Crippen LogP) is 3.36. The first kappa shape index (κ1) is 15.2. The number of amides is 1. The number of carbonyl (C=O) groups excluding carboxylic acids is 1. The van der Waals surface area contributed by atoms with Crippen LogP contribution in [0.25, 0.3) is 0 Å². The Morgan fingerprint density at radius 2 is 2.00 bits per heavy atom. The highest BCUT2D eigenvalue weighted by Gasteiger charge is 2.08. The molecule has 0 radical (unpaired) electrons. The number of hydrogen-bond acceptors (Lipinski definition) is 4. The summed E-state index contributed by atoms with van der Waals surface area (Å²) in [5.41, 5.74) is 0.920. The van der Waals surface area contributed by atoms with Crippen LogP contribution in [0.4, 0.5) is 10.1 Å². The number of benzene rings is 2. The second-order valence-corrected chi connectivity index (χ2v) is 5.86. The van der Waals surface area contributed by atoms with Crippen LogP contribution in [0.1, 0.15) is 10.4 Å². The Bertz CT molecular complexity index is 832. The number of nitrogens with one attached hydrogen (secondary N) is 1. The van der Waals surface area contributed by atoms with E-state index in [4.69, 9.17) is 0 Å². The molecule has 0 aliphatic heterocycles. The molecule has 0 spiro atoms. The topological polar surface area (TPSA) is 59.8 Å². The smallest absolute Gasteiger partial charge is 0.255 e. The minimum Gasteiger partial charge on any atom is -0.322 e. The molecule has 1 aromatic heterocycles. The van der Waals surface area contributed by atoms with Crippen molar-refractivity contribution in [2.24, 2.45) is 7.05 Å². The Kier molecular flexibility index (Phi) is 4.38. The fourth-order valence-corrected chi connectivity index (χ4v) is 2.67. The lowest BCUT2D eigenvalue weighted by atomic mass is 10.2. The maximum atomic E-state index is 13.1. The monoisotopic (exact) mass is 328 g/mol. The number of carbonyl (C=O) groups is 1. The molecule has 23 heavy (non-hydrogen) atoms. The SMILES string of the molecule is Cn1cnnc1Sc1ccc(NC(=O)c2cccc(F)c2)cc1. The van der Waals surface area contributed by atoms with E-state index in [0.29, 0.717) is 5.69 Å². The van der Waals surface area contributed by atoms with Gasteiger partial charge in [0.25, 0.3) is 5.91 Å². The molecule has 0 bridgehead atoms.